The Hall–Kier alpha value is -3.79. The molecule has 2 aromatic rings. The molecule has 0 aliphatic rings. The van der Waals surface area contributed by atoms with Crippen LogP contribution in [0.4, 0.5) is 0 Å². The first-order chi connectivity index (χ1) is 14.9. The Morgan fingerprint density at radius 2 is 1.74 bits per heavy atom. The largest absolute Gasteiger partial charge is 0.491 e. The van der Waals surface area contributed by atoms with Gasteiger partial charge in [0.2, 0.25) is 0 Å². The molecule has 7 nitrogen and oxygen atoms in total. The van der Waals surface area contributed by atoms with Crippen molar-refractivity contribution in [1.82, 2.24) is 0 Å². The van der Waals surface area contributed by atoms with Crippen molar-refractivity contribution in [3.8, 4) is 17.6 Å². The lowest BCUT2D eigenvalue weighted by molar-refractivity contribution is -0.132. The van der Waals surface area contributed by atoms with E-state index in [0.717, 1.165) is 11.3 Å². The van der Waals surface area contributed by atoms with Crippen molar-refractivity contribution in [2.45, 2.75) is 33.5 Å². The maximum atomic E-state index is 12.0. The van der Waals surface area contributed by atoms with Gasteiger partial charge in [-0.2, -0.15) is 0 Å². The molecule has 2 rings (SSSR count). The zero-order valence-electron chi connectivity index (χ0n) is 18.3. The summed E-state index contributed by atoms with van der Waals surface area (Å²) in [6.07, 6.45) is 0.123. The van der Waals surface area contributed by atoms with Gasteiger partial charge in [-0.05, 0) is 51.0 Å². The van der Waals surface area contributed by atoms with Crippen LogP contribution in [0.15, 0.2) is 58.8 Å². The number of hydrogen-bond acceptors (Lipinski definition) is 7. The van der Waals surface area contributed by atoms with E-state index in [2.05, 4.69) is 22.2 Å². The summed E-state index contributed by atoms with van der Waals surface area (Å²) in [5.41, 5.74) is 2.65. The Balaban J connectivity index is 2.06. The molecule has 0 aliphatic heterocycles. The van der Waals surface area contributed by atoms with E-state index in [9.17, 15) is 4.79 Å². The third kappa shape index (κ3) is 7.52. The third-order valence-corrected chi connectivity index (χ3v) is 3.87. The number of esters is 1. The molecule has 0 atom stereocenters. The smallest absolute Gasteiger partial charge is 0.360 e. The van der Waals surface area contributed by atoms with Gasteiger partial charge in [-0.15, -0.1) is 0 Å². The fourth-order valence-corrected chi connectivity index (χ4v) is 2.53. The van der Waals surface area contributed by atoms with Gasteiger partial charge in [0.1, 0.15) is 25.2 Å². The number of benzene rings is 2. The van der Waals surface area contributed by atoms with Crippen LogP contribution in [0.3, 0.4) is 0 Å². The summed E-state index contributed by atoms with van der Waals surface area (Å²) >= 11 is 0. The molecule has 0 radical (unpaired) electrons. The predicted octanol–water partition coefficient (Wildman–Crippen LogP) is 3.94. The third-order valence-electron chi connectivity index (χ3n) is 3.87. The lowest BCUT2D eigenvalue weighted by atomic mass is 10.0. The molecular formula is C24H26N2O5. The van der Waals surface area contributed by atoms with Crippen LogP contribution in [-0.4, -0.2) is 37.7 Å². The minimum Gasteiger partial charge on any atom is -0.491 e. The molecule has 0 bridgehead atoms. The molecule has 0 amide bonds. The van der Waals surface area contributed by atoms with E-state index < -0.39 is 5.97 Å². The van der Waals surface area contributed by atoms with Gasteiger partial charge in [-0.1, -0.05) is 40.5 Å². The van der Waals surface area contributed by atoms with Crippen molar-refractivity contribution in [2.75, 3.05) is 14.2 Å². The first kappa shape index (κ1) is 23.5. The van der Waals surface area contributed by atoms with Crippen LogP contribution in [0.5, 0.6) is 5.75 Å². The quantitative estimate of drug-likeness (QED) is 0.279. The highest BCUT2D eigenvalue weighted by Crippen LogP contribution is 2.14. The highest BCUT2D eigenvalue weighted by molar-refractivity contribution is 6.43. The van der Waals surface area contributed by atoms with Crippen LogP contribution in [0.25, 0.3) is 0 Å². The van der Waals surface area contributed by atoms with Crippen LogP contribution in [0.1, 0.15) is 37.5 Å². The molecule has 0 unspecified atom stereocenters. The van der Waals surface area contributed by atoms with Gasteiger partial charge in [0.25, 0.3) is 0 Å². The molecule has 162 valence electrons. The van der Waals surface area contributed by atoms with E-state index in [-0.39, 0.29) is 18.4 Å². The molecule has 0 saturated carbocycles. The van der Waals surface area contributed by atoms with Crippen LogP contribution in [0.2, 0.25) is 0 Å². The minimum atomic E-state index is -0.607. The van der Waals surface area contributed by atoms with Gasteiger partial charge in [0.05, 0.1) is 13.2 Å². The molecule has 0 aliphatic carbocycles. The number of methoxy groups -OCH3 is 1. The second kappa shape index (κ2) is 12.0. The topological polar surface area (TPSA) is 78.7 Å². The van der Waals surface area contributed by atoms with Gasteiger partial charge in [-0.3, -0.25) is 0 Å². The van der Waals surface area contributed by atoms with Gasteiger partial charge < -0.3 is 19.1 Å². The molecule has 31 heavy (non-hydrogen) atoms. The standard InChI is InChI=1S/C24H26N2O5/c1-17(2)31-21-14-12-19(13-15-21)11-10-18(3)25-30-16-20-8-6-7-9-22(20)23(26-29-5)24(27)28-4/h6-9,12-15,17H,16H2,1-5H3/b25-18+,26-23+. The normalized spacial score (nSPS) is 11.4. The fraction of sp³-hybridized carbons (Fsp3) is 0.292. The summed E-state index contributed by atoms with van der Waals surface area (Å²) in [7, 11) is 2.64. The minimum absolute atomic E-state index is 0.0505. The van der Waals surface area contributed by atoms with Gasteiger partial charge in [-0.25, -0.2) is 4.79 Å². The summed E-state index contributed by atoms with van der Waals surface area (Å²) in [6.45, 7) is 5.83. The Bertz CT molecular complexity index is 999. The monoisotopic (exact) mass is 422 g/mol. The number of nitrogens with zero attached hydrogens (tertiary/aromatic N) is 2. The Kier molecular flexibility index (Phi) is 9.12. The molecule has 7 heteroatoms. The lowest BCUT2D eigenvalue weighted by Gasteiger charge is -2.09. The number of rotatable bonds is 8. The van der Waals surface area contributed by atoms with E-state index >= 15 is 0 Å². The average Bonchev–Trinajstić information content (AvgIpc) is 2.76. The number of carbonyl (C=O) groups excluding carboxylic acids is 1. The Morgan fingerprint density at radius 1 is 1.03 bits per heavy atom. The number of oxime groups is 2. The van der Waals surface area contributed by atoms with E-state index in [1.807, 2.05) is 44.2 Å². The van der Waals surface area contributed by atoms with Crippen molar-refractivity contribution in [1.29, 1.82) is 0 Å². The van der Waals surface area contributed by atoms with Crippen molar-refractivity contribution < 1.29 is 23.9 Å². The van der Waals surface area contributed by atoms with Crippen molar-refractivity contribution >= 4 is 17.4 Å². The Labute approximate surface area is 182 Å². The fourth-order valence-electron chi connectivity index (χ4n) is 2.53. The average molecular weight is 422 g/mol. The maximum Gasteiger partial charge on any atom is 0.360 e. The van der Waals surface area contributed by atoms with Crippen molar-refractivity contribution in [2.24, 2.45) is 10.3 Å². The zero-order chi connectivity index (χ0) is 22.6. The summed E-state index contributed by atoms with van der Waals surface area (Å²) < 4.78 is 10.4. The van der Waals surface area contributed by atoms with Gasteiger partial charge in [0, 0.05) is 16.7 Å². The molecule has 0 spiro atoms. The van der Waals surface area contributed by atoms with Crippen LogP contribution in [0, 0.1) is 11.8 Å². The molecule has 2 aromatic carbocycles. The number of carbonyl (C=O) groups is 1. The van der Waals surface area contributed by atoms with E-state index in [1.54, 1.807) is 25.1 Å². The van der Waals surface area contributed by atoms with Gasteiger partial charge in [0.15, 0.2) is 5.71 Å². The maximum absolute atomic E-state index is 12.0. The van der Waals surface area contributed by atoms with Crippen LogP contribution < -0.4 is 4.74 Å². The first-order valence-electron chi connectivity index (χ1n) is 9.67. The number of ether oxygens (including phenoxy) is 2. The molecule has 0 N–H and O–H groups in total. The zero-order valence-corrected chi connectivity index (χ0v) is 18.3. The second-order valence-corrected chi connectivity index (χ2v) is 6.66. The van der Waals surface area contributed by atoms with E-state index in [0.29, 0.717) is 16.8 Å². The predicted molar refractivity (Wildman–Crippen MR) is 119 cm³/mol. The highest BCUT2D eigenvalue weighted by atomic mass is 16.6. The SMILES string of the molecule is CO/N=C(/C(=O)OC)c1ccccc1CO/N=C(\C)C#Cc1ccc(OC(C)C)cc1. The van der Waals surface area contributed by atoms with Crippen molar-refractivity contribution in [3.05, 3.63) is 65.2 Å². The summed E-state index contributed by atoms with van der Waals surface area (Å²) in [4.78, 5) is 22.2. The van der Waals surface area contributed by atoms with E-state index in [4.69, 9.17) is 19.1 Å². The highest BCUT2D eigenvalue weighted by Gasteiger charge is 2.19. The first-order valence-corrected chi connectivity index (χ1v) is 9.67. The van der Waals surface area contributed by atoms with Crippen molar-refractivity contribution in [3.63, 3.8) is 0 Å². The van der Waals surface area contributed by atoms with Gasteiger partial charge >= 0.3 is 5.97 Å². The van der Waals surface area contributed by atoms with Crippen LogP contribution in [-0.2, 0) is 25.8 Å². The molecular weight excluding hydrogens is 396 g/mol. The lowest BCUT2D eigenvalue weighted by Crippen LogP contribution is -2.19. The molecule has 0 fully saturated rings. The molecule has 0 aromatic heterocycles. The summed E-state index contributed by atoms with van der Waals surface area (Å²) in [5, 5.41) is 7.81. The second-order valence-electron chi connectivity index (χ2n) is 6.66. The summed E-state index contributed by atoms with van der Waals surface area (Å²) in [5.74, 6) is 6.17. The summed E-state index contributed by atoms with van der Waals surface area (Å²) in [6, 6.07) is 14.7. The van der Waals surface area contributed by atoms with E-state index in [1.165, 1.54) is 14.2 Å². The molecule has 0 heterocycles. The molecule has 0 saturated heterocycles. The van der Waals surface area contributed by atoms with Crippen LogP contribution >= 0.6 is 0 Å². The number of hydrogen-bond donors (Lipinski definition) is 0. The Morgan fingerprint density at radius 3 is 2.39 bits per heavy atom.